The average Bonchev–Trinajstić information content (AvgIpc) is 3.01. The summed E-state index contributed by atoms with van der Waals surface area (Å²) in [5.41, 5.74) is 3.14. The van der Waals surface area contributed by atoms with E-state index in [1.165, 1.54) is 0 Å². The Morgan fingerprint density at radius 3 is 2.55 bits per heavy atom. The molecule has 0 amide bonds. The number of furan rings is 1. The van der Waals surface area contributed by atoms with Crippen molar-refractivity contribution in [2.45, 2.75) is 13.0 Å². The van der Waals surface area contributed by atoms with Gasteiger partial charge in [-0.05, 0) is 36.8 Å². The van der Waals surface area contributed by atoms with Gasteiger partial charge < -0.3 is 9.73 Å². The van der Waals surface area contributed by atoms with Crippen LogP contribution in [0.5, 0.6) is 0 Å². The molecule has 1 aromatic carbocycles. The first-order valence-corrected chi connectivity index (χ1v) is 6.61. The molecule has 1 N–H and O–H groups in total. The van der Waals surface area contributed by atoms with Crippen molar-refractivity contribution in [3.05, 3.63) is 84.1 Å². The Labute approximate surface area is 118 Å². The molecule has 0 fully saturated rings. The SMILES string of the molecule is Cc1ncccc1NC(c1ccccc1)c1ccco1. The largest absolute Gasteiger partial charge is 0.467 e. The van der Waals surface area contributed by atoms with Gasteiger partial charge in [0.2, 0.25) is 0 Å². The van der Waals surface area contributed by atoms with Crippen LogP contribution in [0.25, 0.3) is 0 Å². The molecule has 0 aliphatic rings. The third-order valence-electron chi connectivity index (χ3n) is 3.27. The van der Waals surface area contributed by atoms with Crippen LogP contribution in [0.1, 0.15) is 23.1 Å². The van der Waals surface area contributed by atoms with Crippen LogP contribution < -0.4 is 5.32 Å². The summed E-state index contributed by atoms with van der Waals surface area (Å²) in [4.78, 5) is 4.31. The molecule has 20 heavy (non-hydrogen) atoms. The van der Waals surface area contributed by atoms with Gasteiger partial charge in [-0.15, -0.1) is 0 Å². The van der Waals surface area contributed by atoms with Gasteiger partial charge in [-0.3, -0.25) is 4.98 Å². The van der Waals surface area contributed by atoms with Crippen LogP contribution in [0.3, 0.4) is 0 Å². The van der Waals surface area contributed by atoms with Crippen molar-refractivity contribution in [2.24, 2.45) is 0 Å². The van der Waals surface area contributed by atoms with Crippen LogP contribution in [-0.4, -0.2) is 4.98 Å². The van der Waals surface area contributed by atoms with Crippen molar-refractivity contribution in [1.29, 1.82) is 0 Å². The Hall–Kier alpha value is -2.55. The Balaban J connectivity index is 1.97. The lowest BCUT2D eigenvalue weighted by Crippen LogP contribution is -2.12. The Morgan fingerprint density at radius 1 is 1.00 bits per heavy atom. The fourth-order valence-corrected chi connectivity index (χ4v) is 2.21. The van der Waals surface area contributed by atoms with Gasteiger partial charge in [-0.25, -0.2) is 0 Å². The lowest BCUT2D eigenvalue weighted by Gasteiger charge is -2.19. The number of hydrogen-bond donors (Lipinski definition) is 1. The fourth-order valence-electron chi connectivity index (χ4n) is 2.21. The highest BCUT2D eigenvalue weighted by Crippen LogP contribution is 2.27. The zero-order valence-corrected chi connectivity index (χ0v) is 11.3. The van der Waals surface area contributed by atoms with Crippen molar-refractivity contribution in [1.82, 2.24) is 4.98 Å². The second-order valence-corrected chi connectivity index (χ2v) is 4.64. The van der Waals surface area contributed by atoms with E-state index in [1.54, 1.807) is 12.5 Å². The molecule has 0 saturated heterocycles. The van der Waals surface area contributed by atoms with Crippen molar-refractivity contribution in [3.63, 3.8) is 0 Å². The number of nitrogens with zero attached hydrogens (tertiary/aromatic N) is 1. The Bertz CT molecular complexity index is 662. The quantitative estimate of drug-likeness (QED) is 0.768. The van der Waals surface area contributed by atoms with Gasteiger partial charge >= 0.3 is 0 Å². The predicted octanol–water partition coefficient (Wildman–Crippen LogP) is 4.18. The zero-order chi connectivity index (χ0) is 13.8. The molecule has 2 heterocycles. The van der Waals surface area contributed by atoms with Crippen LogP contribution >= 0.6 is 0 Å². The standard InChI is InChI=1S/C17H16N2O/c1-13-15(9-5-11-18-13)19-17(16-10-6-12-20-16)14-7-3-2-4-8-14/h2-12,17,19H,1H3. The van der Waals surface area contributed by atoms with Crippen LogP contribution in [0.4, 0.5) is 5.69 Å². The molecule has 3 nitrogen and oxygen atoms in total. The van der Waals surface area contributed by atoms with Gasteiger partial charge in [0.25, 0.3) is 0 Å². The molecule has 0 aliphatic carbocycles. The molecule has 0 bridgehead atoms. The van der Waals surface area contributed by atoms with Crippen molar-refractivity contribution >= 4 is 5.69 Å². The average molecular weight is 264 g/mol. The summed E-state index contributed by atoms with van der Waals surface area (Å²) in [5.74, 6) is 0.888. The van der Waals surface area contributed by atoms with E-state index in [0.29, 0.717) is 0 Å². The first kappa shape index (κ1) is 12.5. The zero-order valence-electron chi connectivity index (χ0n) is 11.3. The summed E-state index contributed by atoms with van der Waals surface area (Å²) in [7, 11) is 0. The minimum absolute atomic E-state index is 0.0194. The molecule has 3 heteroatoms. The number of anilines is 1. The second kappa shape index (κ2) is 5.61. The van der Waals surface area contributed by atoms with Gasteiger partial charge in [0.05, 0.1) is 17.6 Å². The lowest BCUT2D eigenvalue weighted by atomic mass is 10.0. The van der Waals surface area contributed by atoms with Crippen LogP contribution in [0.2, 0.25) is 0 Å². The first-order chi connectivity index (χ1) is 9.84. The molecular weight excluding hydrogens is 248 g/mol. The van der Waals surface area contributed by atoms with E-state index in [1.807, 2.05) is 49.4 Å². The number of pyridine rings is 1. The highest BCUT2D eigenvalue weighted by Gasteiger charge is 2.17. The third-order valence-corrected chi connectivity index (χ3v) is 3.27. The summed E-state index contributed by atoms with van der Waals surface area (Å²) >= 11 is 0. The predicted molar refractivity (Wildman–Crippen MR) is 79.6 cm³/mol. The second-order valence-electron chi connectivity index (χ2n) is 4.64. The molecule has 100 valence electrons. The summed E-state index contributed by atoms with van der Waals surface area (Å²) in [6.45, 7) is 1.99. The monoisotopic (exact) mass is 264 g/mol. The Morgan fingerprint density at radius 2 is 1.85 bits per heavy atom. The number of aryl methyl sites for hydroxylation is 1. The molecule has 0 spiro atoms. The van der Waals surface area contributed by atoms with Crippen molar-refractivity contribution < 1.29 is 4.42 Å². The molecule has 1 unspecified atom stereocenters. The van der Waals surface area contributed by atoms with E-state index < -0.39 is 0 Å². The molecule has 0 radical (unpaired) electrons. The topological polar surface area (TPSA) is 38.1 Å². The summed E-state index contributed by atoms with van der Waals surface area (Å²) < 4.78 is 5.58. The van der Waals surface area contributed by atoms with Crippen LogP contribution in [0.15, 0.2) is 71.5 Å². The smallest absolute Gasteiger partial charge is 0.130 e. The molecule has 1 atom stereocenters. The minimum Gasteiger partial charge on any atom is -0.467 e. The molecule has 3 rings (SSSR count). The van der Waals surface area contributed by atoms with Gasteiger partial charge in [0, 0.05) is 6.20 Å². The first-order valence-electron chi connectivity index (χ1n) is 6.61. The maximum absolute atomic E-state index is 5.58. The number of rotatable bonds is 4. The third kappa shape index (κ3) is 2.57. The summed E-state index contributed by atoms with van der Waals surface area (Å²) in [6, 6.07) is 18.1. The van der Waals surface area contributed by atoms with E-state index in [2.05, 4.69) is 22.4 Å². The van der Waals surface area contributed by atoms with Crippen molar-refractivity contribution in [3.8, 4) is 0 Å². The van der Waals surface area contributed by atoms with E-state index in [0.717, 1.165) is 22.7 Å². The number of aromatic nitrogens is 1. The molecular formula is C17H16N2O. The van der Waals surface area contributed by atoms with Crippen molar-refractivity contribution in [2.75, 3.05) is 5.32 Å². The van der Waals surface area contributed by atoms with E-state index in [4.69, 9.17) is 4.42 Å². The molecule has 0 aliphatic heterocycles. The normalized spacial score (nSPS) is 12.1. The van der Waals surface area contributed by atoms with E-state index in [-0.39, 0.29) is 6.04 Å². The van der Waals surface area contributed by atoms with Gasteiger partial charge in [0.1, 0.15) is 11.8 Å². The molecule has 3 aromatic rings. The van der Waals surface area contributed by atoms with Crippen LogP contribution in [0, 0.1) is 6.92 Å². The Kier molecular flexibility index (Phi) is 3.50. The van der Waals surface area contributed by atoms with E-state index in [9.17, 15) is 0 Å². The van der Waals surface area contributed by atoms with Gasteiger partial charge in [-0.1, -0.05) is 30.3 Å². The summed E-state index contributed by atoms with van der Waals surface area (Å²) in [6.07, 6.45) is 3.49. The highest BCUT2D eigenvalue weighted by molar-refractivity contribution is 5.50. The lowest BCUT2D eigenvalue weighted by molar-refractivity contribution is 0.499. The summed E-state index contributed by atoms with van der Waals surface area (Å²) in [5, 5.41) is 3.51. The number of benzene rings is 1. The van der Waals surface area contributed by atoms with E-state index >= 15 is 0 Å². The highest BCUT2D eigenvalue weighted by atomic mass is 16.3. The molecule has 0 saturated carbocycles. The molecule has 2 aromatic heterocycles. The maximum Gasteiger partial charge on any atom is 0.130 e. The van der Waals surface area contributed by atoms with Crippen LogP contribution in [-0.2, 0) is 0 Å². The minimum atomic E-state index is -0.0194. The van der Waals surface area contributed by atoms with Gasteiger partial charge in [0.15, 0.2) is 0 Å². The number of hydrogen-bond acceptors (Lipinski definition) is 3. The van der Waals surface area contributed by atoms with Gasteiger partial charge in [-0.2, -0.15) is 0 Å². The maximum atomic E-state index is 5.58. The fraction of sp³-hybridized carbons (Fsp3) is 0.118. The number of nitrogens with one attached hydrogen (secondary N) is 1.